The van der Waals surface area contributed by atoms with Gasteiger partial charge in [-0.2, -0.15) is 4.31 Å². The summed E-state index contributed by atoms with van der Waals surface area (Å²) < 4.78 is 31.8. The van der Waals surface area contributed by atoms with E-state index in [1.165, 1.54) is 0 Å². The number of hydrogen-bond acceptors (Lipinski definition) is 5. The average Bonchev–Trinajstić information content (AvgIpc) is 2.63. The standard InChI is InChI=1S/C18H31N5O3S/c1-15(2)26-12-13-27(24,25)23-10-8-22(9-11-23)18(19-4)21-14-17-16(3)6-5-7-20-17/h5-7,15H,8-14H2,1-4H3,(H,19,21). The maximum Gasteiger partial charge on any atom is 0.216 e. The molecule has 0 unspecified atom stereocenters. The Morgan fingerprint density at radius 2 is 2.04 bits per heavy atom. The predicted octanol–water partition coefficient (Wildman–Crippen LogP) is 0.838. The number of ether oxygens (including phenoxy) is 1. The maximum absolute atomic E-state index is 12.4. The molecule has 1 saturated heterocycles. The first kappa shape index (κ1) is 21.6. The van der Waals surface area contributed by atoms with Gasteiger partial charge < -0.3 is 15.0 Å². The van der Waals surface area contributed by atoms with Gasteiger partial charge in [-0.15, -0.1) is 0 Å². The number of rotatable bonds is 7. The second-order valence-electron chi connectivity index (χ2n) is 6.79. The number of nitrogens with zero attached hydrogens (tertiary/aromatic N) is 4. The first-order valence-corrected chi connectivity index (χ1v) is 10.9. The van der Waals surface area contributed by atoms with Gasteiger partial charge in [-0.1, -0.05) is 6.07 Å². The van der Waals surface area contributed by atoms with E-state index in [4.69, 9.17) is 4.74 Å². The molecule has 1 aromatic heterocycles. The minimum Gasteiger partial charge on any atom is -0.378 e. The van der Waals surface area contributed by atoms with Crippen molar-refractivity contribution in [3.63, 3.8) is 0 Å². The summed E-state index contributed by atoms with van der Waals surface area (Å²) in [6.07, 6.45) is 1.81. The Hall–Kier alpha value is -1.71. The number of nitrogens with one attached hydrogen (secondary N) is 1. The molecule has 0 bridgehead atoms. The molecule has 0 spiro atoms. The van der Waals surface area contributed by atoms with Gasteiger partial charge in [-0.25, -0.2) is 8.42 Å². The molecule has 0 aromatic carbocycles. The van der Waals surface area contributed by atoms with Gasteiger partial charge in [0.25, 0.3) is 0 Å². The largest absolute Gasteiger partial charge is 0.378 e. The molecule has 1 aliphatic heterocycles. The van der Waals surface area contributed by atoms with Crippen molar-refractivity contribution in [2.75, 3.05) is 45.6 Å². The number of pyridine rings is 1. The smallest absolute Gasteiger partial charge is 0.216 e. The summed E-state index contributed by atoms with van der Waals surface area (Å²) in [5.74, 6) is 0.789. The Bertz CT molecular complexity index is 728. The fourth-order valence-electron chi connectivity index (χ4n) is 2.89. The van der Waals surface area contributed by atoms with Crippen LogP contribution in [0.3, 0.4) is 0 Å². The van der Waals surface area contributed by atoms with Crippen LogP contribution in [0.5, 0.6) is 0 Å². The van der Waals surface area contributed by atoms with Crippen LogP contribution in [-0.2, 0) is 21.3 Å². The highest BCUT2D eigenvalue weighted by atomic mass is 32.2. The zero-order chi connectivity index (χ0) is 19.9. The quantitative estimate of drug-likeness (QED) is 0.542. The summed E-state index contributed by atoms with van der Waals surface area (Å²) >= 11 is 0. The van der Waals surface area contributed by atoms with Crippen molar-refractivity contribution in [2.45, 2.75) is 33.4 Å². The lowest BCUT2D eigenvalue weighted by molar-refractivity contribution is 0.0904. The molecule has 8 nitrogen and oxygen atoms in total. The van der Waals surface area contributed by atoms with Crippen molar-refractivity contribution < 1.29 is 13.2 Å². The van der Waals surface area contributed by atoms with E-state index in [0.717, 1.165) is 17.2 Å². The Morgan fingerprint density at radius 1 is 1.33 bits per heavy atom. The molecule has 0 amide bonds. The molecule has 1 aliphatic rings. The second kappa shape index (κ2) is 10.0. The zero-order valence-corrected chi connectivity index (χ0v) is 17.5. The van der Waals surface area contributed by atoms with E-state index in [9.17, 15) is 8.42 Å². The SMILES string of the molecule is CN=C(NCc1ncccc1C)N1CCN(S(=O)(=O)CCOC(C)C)CC1. The van der Waals surface area contributed by atoms with E-state index in [-0.39, 0.29) is 18.5 Å². The number of aryl methyl sites for hydroxylation is 1. The van der Waals surface area contributed by atoms with Crippen molar-refractivity contribution in [3.05, 3.63) is 29.6 Å². The Balaban J connectivity index is 1.85. The summed E-state index contributed by atoms with van der Waals surface area (Å²) in [6, 6.07) is 3.94. The normalized spacial score (nSPS) is 16.8. The molecule has 152 valence electrons. The molecule has 27 heavy (non-hydrogen) atoms. The summed E-state index contributed by atoms with van der Waals surface area (Å²) in [4.78, 5) is 10.8. The molecule has 0 atom stereocenters. The van der Waals surface area contributed by atoms with Gasteiger partial charge in [0.15, 0.2) is 5.96 Å². The van der Waals surface area contributed by atoms with Crippen LogP contribution in [0.1, 0.15) is 25.1 Å². The minimum atomic E-state index is -3.28. The molecule has 0 aliphatic carbocycles. The number of sulfonamides is 1. The van der Waals surface area contributed by atoms with Gasteiger partial charge in [0.2, 0.25) is 10.0 Å². The summed E-state index contributed by atoms with van der Waals surface area (Å²) in [7, 11) is -1.55. The van der Waals surface area contributed by atoms with Crippen LogP contribution in [0, 0.1) is 6.92 Å². The van der Waals surface area contributed by atoms with Gasteiger partial charge in [0, 0.05) is 39.4 Å². The molecule has 2 rings (SSSR count). The van der Waals surface area contributed by atoms with Crippen molar-refractivity contribution in [2.24, 2.45) is 4.99 Å². The fraction of sp³-hybridized carbons (Fsp3) is 0.667. The molecule has 9 heteroatoms. The summed E-state index contributed by atoms with van der Waals surface area (Å²) in [5, 5.41) is 3.32. The van der Waals surface area contributed by atoms with Crippen LogP contribution in [0.4, 0.5) is 0 Å². The highest BCUT2D eigenvalue weighted by Crippen LogP contribution is 2.09. The second-order valence-corrected chi connectivity index (χ2v) is 8.88. The van der Waals surface area contributed by atoms with Crippen molar-refractivity contribution in [1.82, 2.24) is 19.5 Å². The van der Waals surface area contributed by atoms with Gasteiger partial charge in [-0.3, -0.25) is 9.98 Å². The molecule has 0 saturated carbocycles. The number of guanidine groups is 1. The summed E-state index contributed by atoms with van der Waals surface area (Å²) in [5.41, 5.74) is 2.10. The van der Waals surface area contributed by atoms with Crippen molar-refractivity contribution in [3.8, 4) is 0 Å². The average molecular weight is 398 g/mol. The molecule has 1 aromatic rings. The predicted molar refractivity (Wildman–Crippen MR) is 107 cm³/mol. The highest BCUT2D eigenvalue weighted by Gasteiger charge is 2.28. The van der Waals surface area contributed by atoms with Crippen LogP contribution in [-0.4, -0.2) is 80.3 Å². The number of aliphatic imine (C=N–C) groups is 1. The van der Waals surface area contributed by atoms with Gasteiger partial charge in [0.1, 0.15) is 0 Å². The summed E-state index contributed by atoms with van der Waals surface area (Å²) in [6.45, 7) is 8.75. The minimum absolute atomic E-state index is 0.0249. The topological polar surface area (TPSA) is 87.1 Å². The molecule has 1 N–H and O–H groups in total. The first-order chi connectivity index (χ1) is 12.8. The van der Waals surface area contributed by atoms with Crippen molar-refractivity contribution >= 4 is 16.0 Å². The third-order valence-electron chi connectivity index (χ3n) is 4.47. The molecular weight excluding hydrogens is 366 g/mol. The van der Waals surface area contributed by atoms with E-state index in [1.807, 2.05) is 32.9 Å². The lowest BCUT2D eigenvalue weighted by Crippen LogP contribution is -2.54. The third kappa shape index (κ3) is 6.44. The molecule has 0 radical (unpaired) electrons. The molecular formula is C18H31N5O3S. The number of hydrogen-bond donors (Lipinski definition) is 1. The zero-order valence-electron chi connectivity index (χ0n) is 16.7. The van der Waals surface area contributed by atoms with Crippen LogP contribution in [0.15, 0.2) is 23.3 Å². The fourth-order valence-corrected chi connectivity index (χ4v) is 4.18. The van der Waals surface area contributed by atoms with E-state index < -0.39 is 10.0 Å². The Labute approximate surface area is 162 Å². The Kier molecular flexibility index (Phi) is 8.00. The molecule has 2 heterocycles. The maximum atomic E-state index is 12.4. The van der Waals surface area contributed by atoms with Crippen LogP contribution >= 0.6 is 0 Å². The van der Waals surface area contributed by atoms with Gasteiger partial charge in [-0.05, 0) is 32.4 Å². The third-order valence-corrected chi connectivity index (χ3v) is 6.30. The molecule has 1 fully saturated rings. The monoisotopic (exact) mass is 397 g/mol. The highest BCUT2D eigenvalue weighted by molar-refractivity contribution is 7.89. The van der Waals surface area contributed by atoms with E-state index >= 15 is 0 Å². The van der Waals surface area contributed by atoms with Crippen LogP contribution in [0.25, 0.3) is 0 Å². The lowest BCUT2D eigenvalue weighted by Gasteiger charge is -2.35. The first-order valence-electron chi connectivity index (χ1n) is 9.29. The van der Waals surface area contributed by atoms with E-state index in [1.54, 1.807) is 17.5 Å². The van der Waals surface area contributed by atoms with Gasteiger partial charge in [0.05, 0.1) is 30.7 Å². The van der Waals surface area contributed by atoms with E-state index in [0.29, 0.717) is 32.7 Å². The van der Waals surface area contributed by atoms with Crippen molar-refractivity contribution in [1.29, 1.82) is 0 Å². The Morgan fingerprint density at radius 3 is 2.63 bits per heavy atom. The number of piperazine rings is 1. The van der Waals surface area contributed by atoms with Crippen LogP contribution in [0.2, 0.25) is 0 Å². The van der Waals surface area contributed by atoms with E-state index in [2.05, 4.69) is 20.2 Å². The van der Waals surface area contributed by atoms with Gasteiger partial charge >= 0.3 is 0 Å². The van der Waals surface area contributed by atoms with Crippen LogP contribution < -0.4 is 5.32 Å². The number of aromatic nitrogens is 1. The lowest BCUT2D eigenvalue weighted by atomic mass is 10.2.